The van der Waals surface area contributed by atoms with Gasteiger partial charge in [0.2, 0.25) is 0 Å². The Morgan fingerprint density at radius 1 is 1.08 bits per heavy atom. The second kappa shape index (κ2) is 9.32. The monoisotopic (exact) mass is 355 g/mol. The SMILES string of the molecule is O=C(NC1CCCCCC1)c1ccnc(NCCc2ccc(F)cc2)c1. The van der Waals surface area contributed by atoms with Gasteiger partial charge in [0.05, 0.1) is 0 Å². The fourth-order valence-corrected chi connectivity index (χ4v) is 3.35. The molecule has 1 aliphatic rings. The number of carbonyl (C=O) groups excluding carboxylic acids is 1. The van der Waals surface area contributed by atoms with Gasteiger partial charge in [-0.15, -0.1) is 0 Å². The molecular weight excluding hydrogens is 329 g/mol. The van der Waals surface area contributed by atoms with Crippen molar-refractivity contribution in [3.8, 4) is 0 Å². The molecule has 2 N–H and O–H groups in total. The summed E-state index contributed by atoms with van der Waals surface area (Å²) in [6, 6.07) is 10.3. The zero-order valence-corrected chi connectivity index (χ0v) is 15.0. The Morgan fingerprint density at radius 2 is 1.81 bits per heavy atom. The number of benzene rings is 1. The zero-order valence-electron chi connectivity index (χ0n) is 15.0. The summed E-state index contributed by atoms with van der Waals surface area (Å²) in [5.74, 6) is 0.428. The third kappa shape index (κ3) is 5.55. The highest BCUT2D eigenvalue weighted by molar-refractivity contribution is 5.95. The van der Waals surface area contributed by atoms with E-state index in [0.717, 1.165) is 24.8 Å². The van der Waals surface area contributed by atoms with Crippen LogP contribution in [0.15, 0.2) is 42.6 Å². The summed E-state index contributed by atoms with van der Waals surface area (Å²) in [6.45, 7) is 0.673. The molecule has 1 amide bonds. The molecular formula is C21H26FN3O. The van der Waals surface area contributed by atoms with Crippen molar-refractivity contribution in [2.24, 2.45) is 0 Å². The number of hydrogen-bond donors (Lipinski definition) is 2. The van der Waals surface area contributed by atoms with E-state index in [2.05, 4.69) is 15.6 Å². The van der Waals surface area contributed by atoms with Gasteiger partial charge >= 0.3 is 0 Å². The summed E-state index contributed by atoms with van der Waals surface area (Å²) >= 11 is 0. The van der Waals surface area contributed by atoms with Crippen LogP contribution < -0.4 is 10.6 Å². The van der Waals surface area contributed by atoms with Crippen LogP contribution in [0.5, 0.6) is 0 Å². The Balaban J connectivity index is 1.51. The van der Waals surface area contributed by atoms with Crippen LogP contribution in [0, 0.1) is 5.82 Å². The van der Waals surface area contributed by atoms with Crippen LogP contribution in [0.4, 0.5) is 10.2 Å². The number of aromatic nitrogens is 1. The molecule has 1 fully saturated rings. The molecule has 0 saturated heterocycles. The van der Waals surface area contributed by atoms with Crippen LogP contribution >= 0.6 is 0 Å². The number of nitrogens with zero attached hydrogens (tertiary/aromatic N) is 1. The quantitative estimate of drug-likeness (QED) is 0.759. The van der Waals surface area contributed by atoms with Gasteiger partial charge in [-0.1, -0.05) is 37.8 Å². The third-order valence-corrected chi connectivity index (χ3v) is 4.85. The molecule has 0 spiro atoms. The molecule has 0 unspecified atom stereocenters. The Hall–Kier alpha value is -2.43. The standard InChI is InChI=1S/C21H26FN3O/c22-18-9-7-16(8-10-18)11-13-23-20-15-17(12-14-24-20)21(26)25-19-5-3-1-2-4-6-19/h7-10,12,14-15,19H,1-6,11,13H2,(H,23,24)(H,25,26). The molecule has 1 aromatic carbocycles. The highest BCUT2D eigenvalue weighted by Crippen LogP contribution is 2.18. The first-order valence-corrected chi connectivity index (χ1v) is 9.46. The second-order valence-corrected chi connectivity index (χ2v) is 6.89. The summed E-state index contributed by atoms with van der Waals surface area (Å²) in [4.78, 5) is 16.8. The molecule has 0 aliphatic heterocycles. The molecule has 5 heteroatoms. The van der Waals surface area contributed by atoms with Crippen molar-refractivity contribution >= 4 is 11.7 Å². The normalized spacial score (nSPS) is 15.3. The molecule has 1 aliphatic carbocycles. The van der Waals surface area contributed by atoms with Gasteiger partial charge in [0, 0.05) is 24.3 Å². The Bertz CT molecular complexity index is 709. The van der Waals surface area contributed by atoms with Crippen molar-refractivity contribution in [1.82, 2.24) is 10.3 Å². The van der Waals surface area contributed by atoms with Gasteiger partial charge in [0.15, 0.2) is 0 Å². The van der Waals surface area contributed by atoms with Crippen molar-refractivity contribution in [3.63, 3.8) is 0 Å². The second-order valence-electron chi connectivity index (χ2n) is 6.89. The number of halogens is 1. The first-order valence-electron chi connectivity index (χ1n) is 9.46. The van der Waals surface area contributed by atoms with E-state index in [-0.39, 0.29) is 17.8 Å². The minimum absolute atomic E-state index is 0.0270. The average molecular weight is 355 g/mol. The summed E-state index contributed by atoms with van der Waals surface area (Å²) < 4.78 is 12.9. The van der Waals surface area contributed by atoms with Crippen molar-refractivity contribution < 1.29 is 9.18 Å². The summed E-state index contributed by atoms with van der Waals surface area (Å²) in [6.07, 6.45) is 9.48. The lowest BCUT2D eigenvalue weighted by atomic mass is 10.1. The molecule has 4 nitrogen and oxygen atoms in total. The topological polar surface area (TPSA) is 54.0 Å². The minimum Gasteiger partial charge on any atom is -0.370 e. The van der Waals surface area contributed by atoms with Gasteiger partial charge in [-0.05, 0) is 49.1 Å². The van der Waals surface area contributed by atoms with E-state index < -0.39 is 0 Å². The van der Waals surface area contributed by atoms with E-state index >= 15 is 0 Å². The predicted molar refractivity (Wildman–Crippen MR) is 102 cm³/mol. The maximum atomic E-state index is 12.9. The average Bonchev–Trinajstić information content (AvgIpc) is 2.92. The molecule has 1 saturated carbocycles. The van der Waals surface area contributed by atoms with Crippen molar-refractivity contribution in [2.75, 3.05) is 11.9 Å². The molecule has 1 heterocycles. The van der Waals surface area contributed by atoms with Gasteiger partial charge in [0.25, 0.3) is 5.91 Å². The lowest BCUT2D eigenvalue weighted by molar-refractivity contribution is 0.0933. The maximum Gasteiger partial charge on any atom is 0.251 e. The smallest absolute Gasteiger partial charge is 0.251 e. The van der Waals surface area contributed by atoms with E-state index in [1.165, 1.54) is 37.8 Å². The van der Waals surface area contributed by atoms with E-state index in [1.54, 1.807) is 30.5 Å². The van der Waals surface area contributed by atoms with Crippen LogP contribution in [0.2, 0.25) is 0 Å². The van der Waals surface area contributed by atoms with Crippen molar-refractivity contribution in [3.05, 3.63) is 59.5 Å². The Kier molecular flexibility index (Phi) is 6.58. The molecule has 3 rings (SSSR count). The van der Waals surface area contributed by atoms with Crippen molar-refractivity contribution in [2.45, 2.75) is 51.0 Å². The van der Waals surface area contributed by atoms with Gasteiger partial charge in [-0.3, -0.25) is 4.79 Å². The Labute approximate surface area is 154 Å². The largest absolute Gasteiger partial charge is 0.370 e. The summed E-state index contributed by atoms with van der Waals surface area (Å²) in [5.41, 5.74) is 1.69. The minimum atomic E-state index is -0.226. The van der Waals surface area contributed by atoms with Crippen LogP contribution in [-0.4, -0.2) is 23.5 Å². The van der Waals surface area contributed by atoms with Crippen molar-refractivity contribution in [1.29, 1.82) is 0 Å². The lowest BCUT2D eigenvalue weighted by Gasteiger charge is -2.16. The number of pyridine rings is 1. The summed E-state index contributed by atoms with van der Waals surface area (Å²) in [7, 11) is 0. The number of rotatable bonds is 6. The molecule has 0 bridgehead atoms. The highest BCUT2D eigenvalue weighted by Gasteiger charge is 2.16. The van der Waals surface area contributed by atoms with E-state index in [0.29, 0.717) is 17.9 Å². The molecule has 0 atom stereocenters. The van der Waals surface area contributed by atoms with Gasteiger partial charge in [-0.2, -0.15) is 0 Å². The summed E-state index contributed by atoms with van der Waals surface area (Å²) in [5, 5.41) is 6.39. The molecule has 0 radical (unpaired) electrons. The van der Waals surface area contributed by atoms with Crippen LogP contribution in [0.3, 0.4) is 0 Å². The van der Waals surface area contributed by atoms with Gasteiger partial charge in [-0.25, -0.2) is 9.37 Å². The number of nitrogens with one attached hydrogen (secondary N) is 2. The van der Waals surface area contributed by atoms with Crippen LogP contribution in [-0.2, 0) is 6.42 Å². The maximum absolute atomic E-state index is 12.9. The van der Waals surface area contributed by atoms with Crippen LogP contribution in [0.25, 0.3) is 0 Å². The van der Waals surface area contributed by atoms with Crippen LogP contribution in [0.1, 0.15) is 54.4 Å². The van der Waals surface area contributed by atoms with Gasteiger partial charge in [0.1, 0.15) is 11.6 Å². The molecule has 138 valence electrons. The number of anilines is 1. The molecule has 2 aromatic rings. The fourth-order valence-electron chi connectivity index (χ4n) is 3.35. The fraction of sp³-hybridized carbons (Fsp3) is 0.429. The van der Waals surface area contributed by atoms with E-state index in [4.69, 9.17) is 0 Å². The lowest BCUT2D eigenvalue weighted by Crippen LogP contribution is -2.34. The first-order chi connectivity index (χ1) is 12.7. The zero-order chi connectivity index (χ0) is 18.2. The predicted octanol–water partition coefficient (Wildman–Crippen LogP) is 4.33. The van der Waals surface area contributed by atoms with E-state index in [9.17, 15) is 9.18 Å². The molecule has 1 aromatic heterocycles. The molecule has 26 heavy (non-hydrogen) atoms. The number of amides is 1. The van der Waals surface area contributed by atoms with Gasteiger partial charge < -0.3 is 10.6 Å². The number of hydrogen-bond acceptors (Lipinski definition) is 3. The highest BCUT2D eigenvalue weighted by atomic mass is 19.1. The number of carbonyl (C=O) groups is 1. The first kappa shape index (κ1) is 18.4. The van der Waals surface area contributed by atoms with E-state index in [1.807, 2.05) is 0 Å². The third-order valence-electron chi connectivity index (χ3n) is 4.85. The Morgan fingerprint density at radius 3 is 2.54 bits per heavy atom.